The molecule has 0 amide bonds. The molecule has 0 aliphatic carbocycles. The van der Waals surface area contributed by atoms with Crippen molar-refractivity contribution in [2.24, 2.45) is 11.3 Å². The molecule has 0 saturated heterocycles. The van der Waals surface area contributed by atoms with Crippen LogP contribution in [0.3, 0.4) is 0 Å². The van der Waals surface area contributed by atoms with Gasteiger partial charge >= 0.3 is 0 Å². The molecule has 2 atom stereocenters. The van der Waals surface area contributed by atoms with E-state index in [2.05, 4.69) is 65.7 Å². The second-order valence-corrected chi connectivity index (χ2v) is 7.01. The van der Waals surface area contributed by atoms with E-state index in [-0.39, 0.29) is 5.41 Å². The Morgan fingerprint density at radius 1 is 1.25 bits per heavy atom. The summed E-state index contributed by atoms with van der Waals surface area (Å²) in [6.07, 6.45) is 12.1. The van der Waals surface area contributed by atoms with Crippen LogP contribution < -0.4 is 5.32 Å². The zero-order valence-corrected chi connectivity index (χ0v) is 14.8. The first kappa shape index (κ1) is 19.4. The molecule has 0 bridgehead atoms. The molecule has 1 N–H and O–H groups in total. The van der Waals surface area contributed by atoms with Crippen LogP contribution in [0.1, 0.15) is 73.1 Å². The molecule has 0 spiro atoms. The van der Waals surface area contributed by atoms with Crippen molar-refractivity contribution in [2.75, 3.05) is 7.05 Å². The average molecular weight is 280 g/mol. The molecule has 0 saturated carbocycles. The first-order valence-corrected chi connectivity index (χ1v) is 8.33. The van der Waals surface area contributed by atoms with Gasteiger partial charge in [0, 0.05) is 6.04 Å². The lowest BCUT2D eigenvalue weighted by atomic mass is 9.87. The Balaban J connectivity index is 4.24. The fourth-order valence-corrected chi connectivity index (χ4v) is 2.56. The van der Waals surface area contributed by atoms with Gasteiger partial charge in [-0.1, -0.05) is 71.1 Å². The van der Waals surface area contributed by atoms with Gasteiger partial charge in [-0.2, -0.15) is 0 Å². The zero-order valence-electron chi connectivity index (χ0n) is 14.8. The number of nitrogens with one attached hydrogen (secondary N) is 1. The maximum absolute atomic E-state index is 3.92. The Bertz CT molecular complexity index is 288. The van der Waals surface area contributed by atoms with Crippen molar-refractivity contribution in [3.05, 3.63) is 24.3 Å². The van der Waals surface area contributed by atoms with Gasteiger partial charge in [-0.15, -0.1) is 6.58 Å². The highest BCUT2D eigenvalue weighted by Gasteiger charge is 2.13. The summed E-state index contributed by atoms with van der Waals surface area (Å²) in [7, 11) is 2.08. The summed E-state index contributed by atoms with van der Waals surface area (Å²) in [5.74, 6) is 0.876. The van der Waals surface area contributed by atoms with Crippen molar-refractivity contribution in [3.8, 4) is 0 Å². The molecule has 0 radical (unpaired) electrons. The molecule has 1 nitrogen and oxygen atoms in total. The maximum Gasteiger partial charge on any atom is 0.0273 e. The minimum atomic E-state index is 0.204. The molecule has 0 fully saturated rings. The first-order chi connectivity index (χ1) is 9.36. The number of hydrogen-bond donors (Lipinski definition) is 1. The summed E-state index contributed by atoms with van der Waals surface area (Å²) >= 11 is 0. The van der Waals surface area contributed by atoms with Gasteiger partial charge in [0.1, 0.15) is 0 Å². The molecule has 20 heavy (non-hydrogen) atoms. The van der Waals surface area contributed by atoms with E-state index in [0.717, 1.165) is 12.3 Å². The van der Waals surface area contributed by atoms with Crippen LogP contribution in [0, 0.1) is 11.3 Å². The third-order valence-electron chi connectivity index (χ3n) is 4.37. The molecule has 0 aliphatic rings. The van der Waals surface area contributed by atoms with E-state index in [0.29, 0.717) is 6.04 Å². The normalized spacial score (nSPS) is 16.0. The summed E-state index contributed by atoms with van der Waals surface area (Å²) in [6, 6.07) is 0.532. The van der Waals surface area contributed by atoms with E-state index in [9.17, 15) is 0 Å². The molecular formula is C19H37N. The van der Waals surface area contributed by atoms with Gasteiger partial charge in [0.25, 0.3) is 0 Å². The minimum Gasteiger partial charge on any atom is -0.313 e. The van der Waals surface area contributed by atoms with Gasteiger partial charge in [0.2, 0.25) is 0 Å². The lowest BCUT2D eigenvalue weighted by molar-refractivity contribution is 0.438. The van der Waals surface area contributed by atoms with E-state index in [4.69, 9.17) is 0 Å². The second kappa shape index (κ2) is 10.2. The lowest BCUT2D eigenvalue weighted by Gasteiger charge is -2.21. The van der Waals surface area contributed by atoms with Crippen molar-refractivity contribution in [3.63, 3.8) is 0 Å². The standard InChI is InChI=1S/C19H37N/c1-8-11-16(3)12-10-13-18(20-7)17(4)14-15-19(5,6)9-2/h9,14,16,18,20H,2,8,10-13,15H2,1,3-7H3. The summed E-state index contributed by atoms with van der Waals surface area (Å²) in [5, 5.41) is 3.47. The summed E-state index contributed by atoms with van der Waals surface area (Å²) in [6.45, 7) is 15.3. The third kappa shape index (κ3) is 8.58. The van der Waals surface area contributed by atoms with Crippen LogP contribution >= 0.6 is 0 Å². The van der Waals surface area contributed by atoms with Gasteiger partial charge in [0.05, 0.1) is 0 Å². The van der Waals surface area contributed by atoms with E-state index < -0.39 is 0 Å². The van der Waals surface area contributed by atoms with Crippen LogP contribution in [0.25, 0.3) is 0 Å². The van der Waals surface area contributed by atoms with E-state index in [1.807, 2.05) is 0 Å². The van der Waals surface area contributed by atoms with Crippen molar-refractivity contribution in [1.82, 2.24) is 5.32 Å². The predicted octanol–water partition coefficient (Wildman–Crippen LogP) is 5.73. The number of likely N-dealkylation sites (N-methyl/N-ethyl adjacent to an activating group) is 1. The molecular weight excluding hydrogens is 242 g/mol. The van der Waals surface area contributed by atoms with Crippen molar-refractivity contribution >= 4 is 0 Å². The summed E-state index contributed by atoms with van der Waals surface area (Å²) < 4.78 is 0. The molecule has 0 aromatic heterocycles. The van der Waals surface area contributed by atoms with Crippen molar-refractivity contribution < 1.29 is 0 Å². The second-order valence-electron chi connectivity index (χ2n) is 7.01. The van der Waals surface area contributed by atoms with Gasteiger partial charge in [-0.3, -0.25) is 0 Å². The Morgan fingerprint density at radius 2 is 1.90 bits per heavy atom. The quantitative estimate of drug-likeness (QED) is 0.476. The lowest BCUT2D eigenvalue weighted by Crippen LogP contribution is -2.26. The molecule has 2 unspecified atom stereocenters. The Hall–Kier alpha value is -0.560. The third-order valence-corrected chi connectivity index (χ3v) is 4.37. The molecule has 0 heterocycles. The van der Waals surface area contributed by atoms with Crippen LogP contribution in [0.4, 0.5) is 0 Å². The first-order valence-electron chi connectivity index (χ1n) is 8.33. The average Bonchev–Trinajstić information content (AvgIpc) is 2.41. The predicted molar refractivity (Wildman–Crippen MR) is 93.1 cm³/mol. The van der Waals surface area contributed by atoms with Gasteiger partial charge < -0.3 is 5.32 Å². The molecule has 0 aliphatic heterocycles. The summed E-state index contributed by atoms with van der Waals surface area (Å²) in [5.41, 5.74) is 1.68. The van der Waals surface area contributed by atoms with E-state index >= 15 is 0 Å². The van der Waals surface area contributed by atoms with Gasteiger partial charge in [0.15, 0.2) is 0 Å². The molecule has 118 valence electrons. The highest BCUT2D eigenvalue weighted by Crippen LogP contribution is 2.24. The summed E-state index contributed by atoms with van der Waals surface area (Å²) in [4.78, 5) is 0. The van der Waals surface area contributed by atoms with Crippen molar-refractivity contribution in [2.45, 2.75) is 79.2 Å². The van der Waals surface area contributed by atoms with Crippen molar-refractivity contribution in [1.29, 1.82) is 0 Å². The zero-order chi connectivity index (χ0) is 15.6. The van der Waals surface area contributed by atoms with Crippen LogP contribution in [-0.2, 0) is 0 Å². The van der Waals surface area contributed by atoms with Crippen LogP contribution in [0.5, 0.6) is 0 Å². The number of hydrogen-bond acceptors (Lipinski definition) is 1. The fourth-order valence-electron chi connectivity index (χ4n) is 2.56. The highest BCUT2D eigenvalue weighted by molar-refractivity contribution is 5.10. The Kier molecular flexibility index (Phi) is 9.92. The smallest absolute Gasteiger partial charge is 0.0273 e. The Labute approximate surface area is 127 Å². The number of allylic oxidation sites excluding steroid dienone is 2. The SMILES string of the molecule is C=CC(C)(C)CC=C(C)C(CCCC(C)CCC)NC. The molecule has 0 rings (SSSR count). The maximum atomic E-state index is 3.92. The van der Waals surface area contributed by atoms with E-state index in [1.165, 1.54) is 37.7 Å². The Morgan fingerprint density at radius 3 is 2.40 bits per heavy atom. The molecule has 0 aromatic carbocycles. The monoisotopic (exact) mass is 279 g/mol. The topological polar surface area (TPSA) is 12.0 Å². The van der Waals surface area contributed by atoms with Crippen LogP contribution in [0.2, 0.25) is 0 Å². The van der Waals surface area contributed by atoms with Crippen LogP contribution in [-0.4, -0.2) is 13.1 Å². The van der Waals surface area contributed by atoms with Crippen LogP contribution in [0.15, 0.2) is 24.3 Å². The molecule has 1 heteroatoms. The fraction of sp³-hybridized carbons (Fsp3) is 0.789. The van der Waals surface area contributed by atoms with Gasteiger partial charge in [-0.25, -0.2) is 0 Å². The minimum absolute atomic E-state index is 0.204. The number of rotatable bonds is 11. The molecule has 0 aromatic rings. The highest BCUT2D eigenvalue weighted by atomic mass is 14.9. The van der Waals surface area contributed by atoms with E-state index in [1.54, 1.807) is 0 Å². The largest absolute Gasteiger partial charge is 0.313 e. The van der Waals surface area contributed by atoms with Gasteiger partial charge in [-0.05, 0) is 38.1 Å².